The maximum absolute atomic E-state index is 14.3. The van der Waals surface area contributed by atoms with Gasteiger partial charge in [0, 0.05) is 25.6 Å². The zero-order valence-electron chi connectivity index (χ0n) is 22.4. The second-order valence-electron chi connectivity index (χ2n) is 9.80. The molecule has 1 amide bonds. The average Bonchev–Trinajstić information content (AvgIpc) is 2.94. The number of benzene rings is 3. The van der Waals surface area contributed by atoms with Crippen LogP contribution in [0, 0.1) is 11.7 Å². The van der Waals surface area contributed by atoms with Gasteiger partial charge in [0.1, 0.15) is 28.3 Å². The normalized spacial score (nSPS) is 19.6. The minimum absolute atomic E-state index is 0.0277. The molecule has 8 nitrogen and oxygen atoms in total. The lowest BCUT2D eigenvalue weighted by molar-refractivity contribution is 0.0560. The maximum Gasteiger partial charge on any atom is 0.256 e. The minimum atomic E-state index is -4.02. The zero-order valence-corrected chi connectivity index (χ0v) is 23.2. The van der Waals surface area contributed by atoms with Crippen LogP contribution in [0.5, 0.6) is 11.5 Å². The first-order valence-corrected chi connectivity index (χ1v) is 14.1. The highest BCUT2D eigenvalue weighted by atomic mass is 32.2. The Balaban J connectivity index is 1.74. The molecule has 3 aromatic rings. The van der Waals surface area contributed by atoms with Gasteiger partial charge in [0.25, 0.3) is 5.91 Å². The first-order chi connectivity index (χ1) is 18.6. The number of likely N-dealkylation sites (N-methyl/N-ethyl adjacent to an activating group) is 1. The molecule has 0 aromatic heterocycles. The van der Waals surface area contributed by atoms with E-state index < -0.39 is 33.9 Å². The number of nitrogens with zero attached hydrogens (tertiary/aromatic N) is 2. The summed E-state index contributed by atoms with van der Waals surface area (Å²) in [5.74, 6) is -0.672. The van der Waals surface area contributed by atoms with Crippen molar-refractivity contribution in [1.29, 1.82) is 0 Å². The highest BCUT2D eigenvalue weighted by Crippen LogP contribution is 2.37. The van der Waals surface area contributed by atoms with E-state index in [9.17, 15) is 22.7 Å². The van der Waals surface area contributed by atoms with Crippen LogP contribution in [0.15, 0.2) is 71.6 Å². The molecule has 208 valence electrons. The van der Waals surface area contributed by atoms with Crippen molar-refractivity contribution in [3.8, 4) is 22.6 Å². The van der Waals surface area contributed by atoms with Crippen molar-refractivity contribution in [2.45, 2.75) is 30.9 Å². The van der Waals surface area contributed by atoms with E-state index >= 15 is 0 Å². The van der Waals surface area contributed by atoms with Crippen LogP contribution in [0.2, 0.25) is 0 Å². The van der Waals surface area contributed by atoms with Crippen LogP contribution in [-0.2, 0) is 10.0 Å². The molecule has 0 radical (unpaired) electrons. The Labute approximate surface area is 228 Å². The Morgan fingerprint density at radius 2 is 1.82 bits per heavy atom. The molecule has 0 aliphatic carbocycles. The van der Waals surface area contributed by atoms with Gasteiger partial charge in [-0.15, -0.1) is 0 Å². The molecule has 1 N–H and O–H groups in total. The van der Waals surface area contributed by atoms with Crippen LogP contribution in [-0.4, -0.2) is 74.6 Å². The lowest BCUT2D eigenvalue weighted by atomic mass is 10.0. The number of sulfonamides is 1. The van der Waals surface area contributed by atoms with E-state index in [4.69, 9.17) is 9.47 Å². The van der Waals surface area contributed by atoms with Gasteiger partial charge < -0.3 is 19.5 Å². The van der Waals surface area contributed by atoms with Crippen molar-refractivity contribution in [1.82, 2.24) is 9.21 Å². The summed E-state index contributed by atoms with van der Waals surface area (Å²) >= 11 is 0. The first kappa shape index (κ1) is 28.5. The van der Waals surface area contributed by atoms with Gasteiger partial charge >= 0.3 is 0 Å². The van der Waals surface area contributed by atoms with Crippen molar-refractivity contribution in [2.75, 3.05) is 33.9 Å². The average molecular weight is 557 g/mol. The topological polar surface area (TPSA) is 96.4 Å². The Kier molecular flexibility index (Phi) is 8.58. The van der Waals surface area contributed by atoms with E-state index in [-0.39, 0.29) is 41.8 Å². The van der Waals surface area contributed by atoms with Crippen molar-refractivity contribution in [3.05, 3.63) is 78.1 Å². The molecule has 3 aromatic carbocycles. The van der Waals surface area contributed by atoms with Crippen LogP contribution in [0.4, 0.5) is 4.39 Å². The molecule has 1 aliphatic heterocycles. The molecule has 1 heterocycles. The number of halogens is 1. The fourth-order valence-electron chi connectivity index (χ4n) is 4.60. The van der Waals surface area contributed by atoms with Gasteiger partial charge in [-0.3, -0.25) is 4.79 Å². The zero-order chi connectivity index (χ0) is 28.3. The van der Waals surface area contributed by atoms with Crippen molar-refractivity contribution in [3.63, 3.8) is 0 Å². The maximum atomic E-state index is 14.3. The van der Waals surface area contributed by atoms with Crippen LogP contribution >= 0.6 is 0 Å². The molecule has 0 saturated carbocycles. The van der Waals surface area contributed by atoms with E-state index in [0.29, 0.717) is 5.75 Å². The van der Waals surface area contributed by atoms with Gasteiger partial charge in [-0.1, -0.05) is 37.3 Å². The Morgan fingerprint density at radius 1 is 1.15 bits per heavy atom. The second kappa shape index (κ2) is 11.7. The van der Waals surface area contributed by atoms with Crippen LogP contribution in [0.1, 0.15) is 24.2 Å². The van der Waals surface area contributed by atoms with Crippen molar-refractivity contribution < 1.29 is 32.2 Å². The highest BCUT2D eigenvalue weighted by Gasteiger charge is 2.38. The summed E-state index contributed by atoms with van der Waals surface area (Å²) < 4.78 is 54.6. The number of carbonyl (C=O) groups is 1. The summed E-state index contributed by atoms with van der Waals surface area (Å²) in [6.45, 7) is 3.26. The number of aliphatic hydroxyl groups excluding tert-OH is 1. The van der Waals surface area contributed by atoms with Crippen molar-refractivity contribution >= 4 is 15.9 Å². The number of aliphatic hydroxyl groups is 1. The third kappa shape index (κ3) is 5.93. The number of methoxy groups -OCH3 is 1. The van der Waals surface area contributed by atoms with E-state index in [0.717, 1.165) is 11.1 Å². The first-order valence-electron chi connectivity index (χ1n) is 12.6. The molecule has 0 unspecified atom stereocenters. The molecule has 0 fully saturated rings. The highest BCUT2D eigenvalue weighted by molar-refractivity contribution is 7.89. The molecule has 0 bridgehead atoms. The summed E-state index contributed by atoms with van der Waals surface area (Å²) in [7, 11) is -0.880. The standard InChI is InChI=1S/C29H33FN2O6S/c1-19-16-32(20(2)18-33)39(35,36)28-14-11-22(21-9-12-23(37-4)13-10-21)15-26(28)38-27(19)17-31(3)29(34)24-7-5-6-8-25(24)30/h5-15,19-20,27,33H,16-18H2,1-4H3/t19-,20-,27-/m0/s1. The minimum Gasteiger partial charge on any atom is -0.497 e. The summed E-state index contributed by atoms with van der Waals surface area (Å²) in [6, 6.07) is 17.3. The predicted molar refractivity (Wildman–Crippen MR) is 146 cm³/mol. The number of carbonyl (C=O) groups excluding carboxylic acids is 1. The lowest BCUT2D eigenvalue weighted by Crippen LogP contribution is -2.50. The van der Waals surface area contributed by atoms with Crippen LogP contribution in [0.3, 0.4) is 0 Å². The Bertz CT molecular complexity index is 1430. The van der Waals surface area contributed by atoms with Gasteiger partial charge in [-0.05, 0) is 54.4 Å². The molecular formula is C29H33FN2O6S. The van der Waals surface area contributed by atoms with Gasteiger partial charge in [0.2, 0.25) is 10.0 Å². The molecule has 0 spiro atoms. The smallest absolute Gasteiger partial charge is 0.256 e. The largest absolute Gasteiger partial charge is 0.497 e. The quantitative estimate of drug-likeness (QED) is 0.472. The monoisotopic (exact) mass is 556 g/mol. The molecule has 3 atom stereocenters. The number of fused-ring (bicyclic) bond motifs is 1. The van der Waals surface area contributed by atoms with Crippen LogP contribution < -0.4 is 9.47 Å². The molecule has 39 heavy (non-hydrogen) atoms. The van der Waals surface area contributed by atoms with Crippen LogP contribution in [0.25, 0.3) is 11.1 Å². The number of rotatable bonds is 7. The van der Waals surface area contributed by atoms with E-state index in [1.54, 1.807) is 39.3 Å². The van der Waals surface area contributed by atoms with Gasteiger partial charge in [-0.2, -0.15) is 4.31 Å². The third-order valence-corrected chi connectivity index (χ3v) is 9.01. The van der Waals surface area contributed by atoms with E-state index in [2.05, 4.69) is 0 Å². The molecule has 4 rings (SSSR count). The number of ether oxygens (including phenoxy) is 2. The molecule has 10 heteroatoms. The van der Waals surface area contributed by atoms with Gasteiger partial charge in [0.05, 0.1) is 25.8 Å². The SMILES string of the molecule is COc1ccc(-c2ccc3c(c2)O[C@@H](CN(C)C(=O)c2ccccc2F)[C@@H](C)CN([C@@H](C)CO)S3(=O)=O)cc1. The Morgan fingerprint density at radius 3 is 2.46 bits per heavy atom. The number of hydrogen-bond acceptors (Lipinski definition) is 6. The van der Waals surface area contributed by atoms with Gasteiger partial charge in [-0.25, -0.2) is 12.8 Å². The number of hydrogen-bond donors (Lipinski definition) is 1. The van der Waals surface area contributed by atoms with E-state index in [1.807, 2.05) is 31.2 Å². The molecular weight excluding hydrogens is 523 g/mol. The second-order valence-corrected chi connectivity index (χ2v) is 11.7. The van der Waals surface area contributed by atoms with Gasteiger partial charge in [0.15, 0.2) is 0 Å². The summed E-state index contributed by atoms with van der Waals surface area (Å²) in [4.78, 5) is 14.4. The third-order valence-electron chi connectivity index (χ3n) is 7.00. The van der Waals surface area contributed by atoms with Crippen molar-refractivity contribution in [2.24, 2.45) is 5.92 Å². The summed E-state index contributed by atoms with van der Waals surface area (Å²) in [6.07, 6.45) is -0.625. The molecule has 1 aliphatic rings. The summed E-state index contributed by atoms with van der Waals surface area (Å²) in [5.41, 5.74) is 1.51. The van der Waals surface area contributed by atoms with E-state index in [1.165, 1.54) is 33.5 Å². The molecule has 0 saturated heterocycles. The lowest BCUT2D eigenvalue weighted by Gasteiger charge is -2.37. The summed E-state index contributed by atoms with van der Waals surface area (Å²) in [5, 5.41) is 9.85. The fourth-order valence-corrected chi connectivity index (χ4v) is 6.43. The Hall–Kier alpha value is -3.47. The fraction of sp³-hybridized carbons (Fsp3) is 0.345. The number of amides is 1. The predicted octanol–water partition coefficient (Wildman–Crippen LogP) is 4.04.